The van der Waals surface area contributed by atoms with Gasteiger partial charge in [-0.25, -0.2) is 0 Å². The Morgan fingerprint density at radius 1 is 1.53 bits per heavy atom. The van der Waals surface area contributed by atoms with E-state index in [1.807, 2.05) is 6.92 Å². The highest BCUT2D eigenvalue weighted by Crippen LogP contribution is 2.30. The minimum absolute atomic E-state index is 0.138. The van der Waals surface area contributed by atoms with E-state index in [0.29, 0.717) is 27.5 Å². The summed E-state index contributed by atoms with van der Waals surface area (Å²) < 4.78 is 0. The number of rotatable bonds is 5. The Kier molecular flexibility index (Phi) is 3.81. The first-order valence-electron chi connectivity index (χ1n) is 6.08. The number of aromatic amines is 1. The maximum Gasteiger partial charge on any atom is 0.210 e. The van der Waals surface area contributed by atoms with Gasteiger partial charge in [-0.1, -0.05) is 25.1 Å². The monoisotopic (exact) mass is 277 g/mol. The quantitative estimate of drug-likeness (QED) is 0.447. The number of carbonyl (C=O) groups excluding carboxylic acids is 1. The largest absolute Gasteiger partial charge is 0.397 e. The van der Waals surface area contributed by atoms with Gasteiger partial charge >= 0.3 is 0 Å². The van der Waals surface area contributed by atoms with Crippen LogP contribution in [0.15, 0.2) is 30.6 Å². The first-order chi connectivity index (χ1) is 9.06. The van der Waals surface area contributed by atoms with E-state index in [4.69, 9.17) is 17.3 Å². The average molecular weight is 278 g/mol. The van der Waals surface area contributed by atoms with Crippen molar-refractivity contribution in [3.8, 4) is 0 Å². The molecule has 5 heteroatoms. The first-order valence-corrected chi connectivity index (χ1v) is 6.46. The summed E-state index contributed by atoms with van der Waals surface area (Å²) >= 11 is 6.10. The molecule has 4 nitrogen and oxygen atoms in total. The number of hydrogen-bond donors (Lipinski definition) is 3. The molecule has 4 N–H and O–H groups in total. The molecule has 0 amide bonds. The van der Waals surface area contributed by atoms with Crippen LogP contribution in [0.2, 0.25) is 5.02 Å². The van der Waals surface area contributed by atoms with Crippen molar-refractivity contribution in [2.24, 2.45) is 0 Å². The third-order valence-electron chi connectivity index (χ3n) is 2.93. The lowest BCUT2D eigenvalue weighted by Gasteiger charge is -2.06. The molecule has 2 rings (SSSR count). The summed E-state index contributed by atoms with van der Waals surface area (Å²) in [5.74, 6) is -0.138. The molecule has 0 radical (unpaired) electrons. The Balaban J connectivity index is 2.39. The van der Waals surface area contributed by atoms with Crippen LogP contribution in [0.3, 0.4) is 0 Å². The number of allylic oxidation sites excluding steroid dienone is 1. The second-order valence-corrected chi connectivity index (χ2v) is 4.71. The molecule has 2 aromatic rings. The number of nitrogen functional groups attached to an aromatic ring is 1. The summed E-state index contributed by atoms with van der Waals surface area (Å²) in [4.78, 5) is 15.3. The number of H-pyrrole nitrogens is 1. The standard InChI is InChI=1S/C14H16ClN3O/c1-3-6-17-8(2)14(19)10-7-18-13-9(10)4-5-11(16)12(13)15/h4-5,7,17-18H,2-3,6,16H2,1H3. The molecule has 0 atom stereocenters. The number of nitrogens with one attached hydrogen (secondary N) is 2. The van der Waals surface area contributed by atoms with E-state index < -0.39 is 0 Å². The summed E-state index contributed by atoms with van der Waals surface area (Å²) in [5.41, 5.74) is 7.82. The van der Waals surface area contributed by atoms with Crippen molar-refractivity contribution in [1.82, 2.24) is 10.3 Å². The number of carbonyl (C=O) groups is 1. The fourth-order valence-corrected chi connectivity index (χ4v) is 2.11. The van der Waals surface area contributed by atoms with E-state index >= 15 is 0 Å². The Morgan fingerprint density at radius 2 is 2.26 bits per heavy atom. The molecule has 1 aromatic heterocycles. The lowest BCUT2D eigenvalue weighted by Crippen LogP contribution is -2.20. The zero-order chi connectivity index (χ0) is 14.0. The van der Waals surface area contributed by atoms with Crippen molar-refractivity contribution in [2.45, 2.75) is 13.3 Å². The predicted molar refractivity (Wildman–Crippen MR) is 79.5 cm³/mol. The minimum atomic E-state index is -0.138. The minimum Gasteiger partial charge on any atom is -0.397 e. The highest BCUT2D eigenvalue weighted by Gasteiger charge is 2.16. The summed E-state index contributed by atoms with van der Waals surface area (Å²) in [6, 6.07) is 3.48. The first kappa shape index (κ1) is 13.5. The van der Waals surface area contributed by atoms with Crippen molar-refractivity contribution in [3.63, 3.8) is 0 Å². The van der Waals surface area contributed by atoms with Crippen LogP contribution in [0.5, 0.6) is 0 Å². The van der Waals surface area contributed by atoms with Gasteiger partial charge < -0.3 is 16.0 Å². The van der Waals surface area contributed by atoms with Gasteiger partial charge in [0.1, 0.15) is 0 Å². The molecule has 0 bridgehead atoms. The molecule has 0 aliphatic rings. The second kappa shape index (κ2) is 5.36. The van der Waals surface area contributed by atoms with Crippen LogP contribution in [-0.2, 0) is 0 Å². The number of ketones is 1. The number of hydrogen-bond acceptors (Lipinski definition) is 3. The number of halogens is 1. The van der Waals surface area contributed by atoms with Crippen LogP contribution in [0.1, 0.15) is 23.7 Å². The predicted octanol–water partition coefficient (Wildman–Crippen LogP) is 3.10. The number of benzene rings is 1. The Morgan fingerprint density at radius 3 is 2.95 bits per heavy atom. The molecule has 19 heavy (non-hydrogen) atoms. The zero-order valence-electron chi connectivity index (χ0n) is 10.7. The number of Topliss-reactive ketones (excluding diaryl/α,β-unsaturated/α-hetero) is 1. The average Bonchev–Trinajstić information content (AvgIpc) is 2.83. The molecule has 1 aromatic carbocycles. The van der Waals surface area contributed by atoms with Crippen molar-refractivity contribution in [3.05, 3.63) is 41.2 Å². The molecule has 0 saturated heterocycles. The van der Waals surface area contributed by atoms with Gasteiger partial charge in [-0.2, -0.15) is 0 Å². The fraction of sp³-hybridized carbons (Fsp3) is 0.214. The van der Waals surface area contributed by atoms with E-state index in [-0.39, 0.29) is 5.78 Å². The normalized spacial score (nSPS) is 10.6. The van der Waals surface area contributed by atoms with Gasteiger partial charge in [0.15, 0.2) is 0 Å². The van der Waals surface area contributed by atoms with Gasteiger partial charge in [0.2, 0.25) is 5.78 Å². The molecular formula is C14H16ClN3O. The van der Waals surface area contributed by atoms with Gasteiger partial charge in [-0.15, -0.1) is 0 Å². The Labute approximate surface area is 116 Å². The van der Waals surface area contributed by atoms with Crippen LogP contribution in [0.4, 0.5) is 5.69 Å². The second-order valence-electron chi connectivity index (χ2n) is 4.33. The van der Waals surface area contributed by atoms with Crippen LogP contribution in [-0.4, -0.2) is 17.3 Å². The number of aromatic nitrogens is 1. The van der Waals surface area contributed by atoms with Crippen LogP contribution in [0, 0.1) is 0 Å². The molecule has 0 aliphatic heterocycles. The van der Waals surface area contributed by atoms with Gasteiger partial charge in [0.05, 0.1) is 21.9 Å². The highest BCUT2D eigenvalue weighted by molar-refractivity contribution is 6.38. The van der Waals surface area contributed by atoms with Crippen molar-refractivity contribution in [2.75, 3.05) is 12.3 Å². The number of nitrogens with two attached hydrogens (primary N) is 1. The molecule has 0 saturated carbocycles. The van der Waals surface area contributed by atoms with Crippen molar-refractivity contribution in [1.29, 1.82) is 0 Å². The van der Waals surface area contributed by atoms with Crippen LogP contribution >= 0.6 is 11.6 Å². The lowest BCUT2D eigenvalue weighted by atomic mass is 10.1. The van der Waals surface area contributed by atoms with E-state index in [0.717, 1.165) is 18.4 Å². The van der Waals surface area contributed by atoms with E-state index in [9.17, 15) is 4.79 Å². The maximum atomic E-state index is 12.3. The lowest BCUT2D eigenvalue weighted by molar-refractivity contribution is 0.102. The molecule has 0 aliphatic carbocycles. The summed E-state index contributed by atoms with van der Waals surface area (Å²) in [6.45, 7) is 6.51. The third-order valence-corrected chi connectivity index (χ3v) is 3.34. The van der Waals surface area contributed by atoms with E-state index in [1.165, 1.54) is 0 Å². The van der Waals surface area contributed by atoms with E-state index in [1.54, 1.807) is 18.3 Å². The van der Waals surface area contributed by atoms with Gasteiger partial charge in [0, 0.05) is 23.7 Å². The highest BCUT2D eigenvalue weighted by atomic mass is 35.5. The van der Waals surface area contributed by atoms with Gasteiger partial charge in [-0.05, 0) is 18.6 Å². The van der Waals surface area contributed by atoms with Gasteiger partial charge in [-0.3, -0.25) is 4.79 Å². The topological polar surface area (TPSA) is 70.9 Å². The molecule has 0 unspecified atom stereocenters. The number of fused-ring (bicyclic) bond motifs is 1. The molecule has 0 spiro atoms. The SMILES string of the molecule is C=C(NCCC)C(=O)c1c[nH]c2c(Cl)c(N)ccc12. The van der Waals surface area contributed by atoms with Crippen LogP contribution < -0.4 is 11.1 Å². The fourth-order valence-electron chi connectivity index (χ4n) is 1.89. The smallest absolute Gasteiger partial charge is 0.210 e. The molecule has 1 heterocycles. The summed E-state index contributed by atoms with van der Waals surface area (Å²) in [7, 11) is 0. The van der Waals surface area contributed by atoms with Crippen LogP contribution in [0.25, 0.3) is 10.9 Å². The number of anilines is 1. The van der Waals surface area contributed by atoms with Crippen molar-refractivity contribution < 1.29 is 4.79 Å². The van der Waals surface area contributed by atoms with E-state index in [2.05, 4.69) is 16.9 Å². The summed E-state index contributed by atoms with van der Waals surface area (Å²) in [6.07, 6.45) is 2.57. The third kappa shape index (κ3) is 2.44. The van der Waals surface area contributed by atoms with Gasteiger partial charge in [0.25, 0.3) is 0 Å². The Hall–Kier alpha value is -1.94. The summed E-state index contributed by atoms with van der Waals surface area (Å²) in [5, 5.41) is 4.18. The zero-order valence-corrected chi connectivity index (χ0v) is 11.5. The Bertz CT molecular complexity index is 645. The maximum absolute atomic E-state index is 12.3. The molecule has 100 valence electrons. The molecule has 0 fully saturated rings. The van der Waals surface area contributed by atoms with Crippen molar-refractivity contribution >= 4 is 34.0 Å². The molecular weight excluding hydrogens is 262 g/mol.